The van der Waals surface area contributed by atoms with Crippen LogP contribution in [0.25, 0.3) is 0 Å². The molecule has 2 unspecified atom stereocenters. The van der Waals surface area contributed by atoms with Crippen molar-refractivity contribution in [3.05, 3.63) is 17.0 Å². The zero-order valence-electron chi connectivity index (χ0n) is 16.8. The van der Waals surface area contributed by atoms with Crippen LogP contribution in [0.15, 0.2) is 4.52 Å². The molecule has 2 atom stereocenters. The van der Waals surface area contributed by atoms with Crippen LogP contribution in [0, 0.1) is 13.8 Å². The number of rotatable bonds is 4. The Morgan fingerprint density at radius 1 is 1.17 bits per heavy atom. The van der Waals surface area contributed by atoms with E-state index in [0.717, 1.165) is 56.3 Å². The smallest absolute Gasteiger partial charge is 0.480 e. The molecule has 170 valence electrons. The number of hydrogen-bond donors (Lipinski definition) is 2. The SMILES string of the molecule is Cc1noc(C)c1CN1CCC(N2CCOCC2)CC1C(=O)O.O=C(O)C(F)(F)F. The summed E-state index contributed by atoms with van der Waals surface area (Å²) in [6.07, 6.45) is -3.42. The molecule has 2 saturated heterocycles. The van der Waals surface area contributed by atoms with Gasteiger partial charge in [0.05, 0.1) is 18.9 Å². The van der Waals surface area contributed by atoms with Gasteiger partial charge < -0.3 is 19.5 Å². The highest BCUT2D eigenvalue weighted by atomic mass is 19.4. The molecule has 30 heavy (non-hydrogen) atoms. The molecule has 3 rings (SSSR count). The van der Waals surface area contributed by atoms with Gasteiger partial charge in [-0.3, -0.25) is 14.6 Å². The normalized spacial score (nSPS) is 23.5. The van der Waals surface area contributed by atoms with Crippen molar-refractivity contribution in [3.63, 3.8) is 0 Å². The van der Waals surface area contributed by atoms with E-state index in [2.05, 4.69) is 10.1 Å². The van der Waals surface area contributed by atoms with Crippen molar-refractivity contribution in [1.29, 1.82) is 0 Å². The number of aryl methyl sites for hydroxylation is 2. The Labute approximate surface area is 171 Å². The van der Waals surface area contributed by atoms with E-state index in [9.17, 15) is 23.1 Å². The maximum atomic E-state index is 11.8. The minimum absolute atomic E-state index is 0.334. The average molecular weight is 437 g/mol. The fourth-order valence-electron chi connectivity index (χ4n) is 3.65. The first kappa shape index (κ1) is 24.1. The van der Waals surface area contributed by atoms with E-state index < -0.39 is 24.2 Å². The lowest BCUT2D eigenvalue weighted by Gasteiger charge is -2.43. The molecule has 0 radical (unpaired) electrons. The predicted molar refractivity (Wildman–Crippen MR) is 96.9 cm³/mol. The topological polar surface area (TPSA) is 116 Å². The quantitative estimate of drug-likeness (QED) is 0.726. The van der Waals surface area contributed by atoms with Gasteiger partial charge in [-0.1, -0.05) is 5.16 Å². The number of hydrogen-bond acceptors (Lipinski definition) is 7. The maximum Gasteiger partial charge on any atom is 0.490 e. The Morgan fingerprint density at radius 2 is 1.77 bits per heavy atom. The standard InChI is InChI=1S/C16H25N3O4.C2HF3O2/c1-11-14(12(2)23-17-11)10-19-4-3-13(9-15(19)16(20)21)18-5-7-22-8-6-18;3-2(4,5)1(6)7/h13,15H,3-10H2,1-2H3,(H,20,21);(H,6,7). The molecule has 0 aromatic carbocycles. The van der Waals surface area contributed by atoms with Gasteiger partial charge in [0.1, 0.15) is 11.8 Å². The molecule has 3 heterocycles. The van der Waals surface area contributed by atoms with Crippen molar-refractivity contribution < 1.29 is 42.2 Å². The number of likely N-dealkylation sites (tertiary alicyclic amines) is 1. The highest BCUT2D eigenvalue weighted by Crippen LogP contribution is 2.26. The van der Waals surface area contributed by atoms with Gasteiger partial charge in [0, 0.05) is 37.8 Å². The average Bonchev–Trinajstić information content (AvgIpc) is 3.00. The van der Waals surface area contributed by atoms with Crippen molar-refractivity contribution in [3.8, 4) is 0 Å². The number of piperidine rings is 1. The van der Waals surface area contributed by atoms with Gasteiger partial charge in [0.15, 0.2) is 0 Å². The number of halogens is 3. The zero-order chi connectivity index (χ0) is 22.5. The lowest BCUT2D eigenvalue weighted by molar-refractivity contribution is -0.192. The summed E-state index contributed by atoms with van der Waals surface area (Å²) >= 11 is 0. The van der Waals surface area contributed by atoms with E-state index in [1.54, 1.807) is 0 Å². The first-order valence-electron chi connectivity index (χ1n) is 9.51. The molecule has 1 aromatic rings. The highest BCUT2D eigenvalue weighted by molar-refractivity contribution is 5.73. The Kier molecular flexibility index (Phi) is 8.21. The summed E-state index contributed by atoms with van der Waals surface area (Å²) in [5.74, 6) is -2.72. The van der Waals surface area contributed by atoms with E-state index in [0.29, 0.717) is 19.0 Å². The largest absolute Gasteiger partial charge is 0.490 e. The van der Waals surface area contributed by atoms with Crippen LogP contribution in [0.5, 0.6) is 0 Å². The van der Waals surface area contributed by atoms with Crippen LogP contribution >= 0.6 is 0 Å². The highest BCUT2D eigenvalue weighted by Gasteiger charge is 2.38. The molecule has 0 aliphatic carbocycles. The summed E-state index contributed by atoms with van der Waals surface area (Å²) in [7, 11) is 0. The summed E-state index contributed by atoms with van der Waals surface area (Å²) in [5, 5.41) is 20.8. The molecule has 9 nitrogen and oxygen atoms in total. The van der Waals surface area contributed by atoms with Gasteiger partial charge >= 0.3 is 18.1 Å². The van der Waals surface area contributed by atoms with Gasteiger partial charge in [-0.25, -0.2) is 4.79 Å². The third kappa shape index (κ3) is 6.41. The molecule has 0 amide bonds. The number of aliphatic carboxylic acids is 2. The molecule has 0 saturated carbocycles. The Hall–Kier alpha value is -2.18. The molecule has 2 aliphatic rings. The number of alkyl halides is 3. The van der Waals surface area contributed by atoms with Crippen molar-refractivity contribution in [2.75, 3.05) is 32.8 Å². The first-order chi connectivity index (χ1) is 14.0. The molecule has 0 spiro atoms. The fourth-order valence-corrected chi connectivity index (χ4v) is 3.65. The lowest BCUT2D eigenvalue weighted by atomic mass is 9.94. The Balaban J connectivity index is 0.000000396. The third-order valence-corrected chi connectivity index (χ3v) is 5.32. The van der Waals surface area contributed by atoms with Crippen LogP contribution in [0.3, 0.4) is 0 Å². The monoisotopic (exact) mass is 437 g/mol. The number of morpholine rings is 1. The van der Waals surface area contributed by atoms with E-state index in [-0.39, 0.29) is 0 Å². The summed E-state index contributed by atoms with van der Waals surface area (Å²) < 4.78 is 42.3. The molecular weight excluding hydrogens is 411 g/mol. The van der Waals surface area contributed by atoms with Gasteiger partial charge in [-0.05, 0) is 26.7 Å². The molecule has 1 aromatic heterocycles. The number of carboxylic acid groups (broad SMARTS) is 2. The minimum Gasteiger partial charge on any atom is -0.480 e. The van der Waals surface area contributed by atoms with Crippen LogP contribution in [-0.2, 0) is 20.9 Å². The summed E-state index contributed by atoms with van der Waals surface area (Å²) in [6, 6.07) is -0.119. The number of aromatic nitrogens is 1. The summed E-state index contributed by atoms with van der Waals surface area (Å²) in [4.78, 5) is 25.1. The first-order valence-corrected chi connectivity index (χ1v) is 9.51. The predicted octanol–water partition coefficient (Wildman–Crippen LogP) is 1.67. The van der Waals surface area contributed by atoms with Gasteiger partial charge in [-0.15, -0.1) is 0 Å². The summed E-state index contributed by atoms with van der Waals surface area (Å²) in [5.41, 5.74) is 1.86. The second-order valence-electron chi connectivity index (χ2n) is 7.26. The third-order valence-electron chi connectivity index (χ3n) is 5.32. The van der Waals surface area contributed by atoms with Crippen LogP contribution in [-0.4, -0.2) is 88.2 Å². The van der Waals surface area contributed by atoms with Gasteiger partial charge in [0.2, 0.25) is 0 Å². The van der Waals surface area contributed by atoms with E-state index in [1.165, 1.54) is 0 Å². The second-order valence-corrected chi connectivity index (χ2v) is 7.26. The van der Waals surface area contributed by atoms with Crippen molar-refractivity contribution in [2.24, 2.45) is 0 Å². The van der Waals surface area contributed by atoms with E-state index >= 15 is 0 Å². The second kappa shape index (κ2) is 10.2. The van der Waals surface area contributed by atoms with E-state index in [4.69, 9.17) is 19.2 Å². The molecule has 2 N–H and O–H groups in total. The van der Waals surface area contributed by atoms with Gasteiger partial charge in [0.25, 0.3) is 0 Å². The lowest BCUT2D eigenvalue weighted by Crippen LogP contribution is -2.54. The Bertz CT molecular complexity index is 714. The molecule has 0 bridgehead atoms. The van der Waals surface area contributed by atoms with Crippen LogP contribution in [0.2, 0.25) is 0 Å². The maximum absolute atomic E-state index is 11.8. The molecule has 2 aliphatic heterocycles. The van der Waals surface area contributed by atoms with Crippen LogP contribution < -0.4 is 0 Å². The fraction of sp³-hybridized carbons (Fsp3) is 0.722. The van der Waals surface area contributed by atoms with Gasteiger partial charge in [-0.2, -0.15) is 13.2 Å². The number of nitrogens with zero attached hydrogens (tertiary/aromatic N) is 3. The minimum atomic E-state index is -5.08. The van der Waals surface area contributed by atoms with Crippen molar-refractivity contribution >= 4 is 11.9 Å². The van der Waals surface area contributed by atoms with Crippen molar-refractivity contribution in [2.45, 2.75) is 51.5 Å². The number of carboxylic acids is 2. The number of carbonyl (C=O) groups is 2. The van der Waals surface area contributed by atoms with Crippen molar-refractivity contribution in [1.82, 2.24) is 15.0 Å². The molecule has 2 fully saturated rings. The molecule has 12 heteroatoms. The molecular formula is C18H26F3N3O6. The van der Waals surface area contributed by atoms with Crippen LogP contribution in [0.1, 0.15) is 29.9 Å². The summed E-state index contributed by atoms with van der Waals surface area (Å²) in [6.45, 7) is 8.46. The zero-order valence-corrected chi connectivity index (χ0v) is 16.8. The number of ether oxygens (including phenoxy) is 1. The Morgan fingerprint density at radius 3 is 2.23 bits per heavy atom. The van der Waals surface area contributed by atoms with E-state index in [1.807, 2.05) is 18.7 Å². The van der Waals surface area contributed by atoms with Crippen LogP contribution in [0.4, 0.5) is 13.2 Å².